The number of fused-ring (bicyclic) bond motifs is 1. The summed E-state index contributed by atoms with van der Waals surface area (Å²) >= 11 is 3.00. The van der Waals surface area contributed by atoms with Crippen molar-refractivity contribution in [1.29, 1.82) is 0 Å². The maximum atomic E-state index is 12.6. The lowest BCUT2D eigenvalue weighted by Crippen LogP contribution is -2.11. The third kappa shape index (κ3) is 3.68. The maximum Gasteiger partial charge on any atom is 0.257 e. The van der Waals surface area contributed by atoms with Crippen LogP contribution in [0.2, 0.25) is 0 Å². The molecule has 140 valence electrons. The van der Waals surface area contributed by atoms with Gasteiger partial charge in [0.2, 0.25) is 0 Å². The molecular weight excluding hydrogens is 398 g/mol. The molecule has 0 aliphatic carbocycles. The Labute approximate surface area is 175 Å². The van der Waals surface area contributed by atoms with Crippen molar-refractivity contribution in [3.8, 4) is 21.8 Å². The Balaban J connectivity index is 1.32. The highest BCUT2D eigenvalue weighted by Gasteiger charge is 2.13. The zero-order valence-electron chi connectivity index (χ0n) is 15.2. The van der Waals surface area contributed by atoms with Crippen LogP contribution in [-0.2, 0) is 0 Å². The molecule has 0 bridgehead atoms. The van der Waals surface area contributed by atoms with Crippen molar-refractivity contribution < 1.29 is 4.79 Å². The van der Waals surface area contributed by atoms with E-state index in [-0.39, 0.29) is 5.91 Å². The molecule has 5 aromatic rings. The lowest BCUT2D eigenvalue weighted by atomic mass is 10.0. The second-order valence-electron chi connectivity index (χ2n) is 6.42. The van der Waals surface area contributed by atoms with Gasteiger partial charge in [0.1, 0.15) is 10.7 Å². The molecule has 0 saturated heterocycles. The number of hydrogen-bond acceptors (Lipinski definition) is 5. The van der Waals surface area contributed by atoms with Crippen molar-refractivity contribution >= 4 is 43.9 Å². The summed E-state index contributed by atoms with van der Waals surface area (Å²) in [6.07, 6.45) is 0. The smallest absolute Gasteiger partial charge is 0.257 e. The standard InChI is InChI=1S/C23H15N3OS2/c27-21(17-12-10-16(11-13-17)15-6-2-1-3-7-15)26-23-25-19(14-28-23)22-24-18-8-4-5-9-20(18)29-22/h1-14H,(H,25,26,27). The normalized spacial score (nSPS) is 10.9. The van der Waals surface area contributed by atoms with Crippen LogP contribution in [0.3, 0.4) is 0 Å². The molecule has 0 aliphatic heterocycles. The summed E-state index contributed by atoms with van der Waals surface area (Å²) in [5, 5.41) is 6.23. The molecule has 3 aromatic carbocycles. The van der Waals surface area contributed by atoms with Crippen molar-refractivity contribution in [2.75, 3.05) is 5.32 Å². The second-order valence-corrected chi connectivity index (χ2v) is 8.31. The molecule has 6 heteroatoms. The van der Waals surface area contributed by atoms with E-state index in [9.17, 15) is 4.79 Å². The van der Waals surface area contributed by atoms with Crippen molar-refractivity contribution in [2.45, 2.75) is 0 Å². The Morgan fingerprint density at radius 1 is 0.793 bits per heavy atom. The summed E-state index contributed by atoms with van der Waals surface area (Å²) in [5.41, 5.74) is 4.55. The molecule has 0 aliphatic rings. The molecule has 0 atom stereocenters. The zero-order chi connectivity index (χ0) is 19.6. The summed E-state index contributed by atoms with van der Waals surface area (Å²) in [4.78, 5) is 21.8. The quantitative estimate of drug-likeness (QED) is 0.374. The van der Waals surface area contributed by atoms with Crippen LogP contribution in [0.4, 0.5) is 5.13 Å². The minimum atomic E-state index is -0.171. The Bertz CT molecular complexity index is 1260. The first-order valence-electron chi connectivity index (χ1n) is 9.04. The van der Waals surface area contributed by atoms with Crippen LogP contribution >= 0.6 is 22.7 Å². The monoisotopic (exact) mass is 413 g/mol. The molecule has 0 radical (unpaired) electrons. The van der Waals surface area contributed by atoms with E-state index in [2.05, 4.69) is 15.3 Å². The van der Waals surface area contributed by atoms with Crippen molar-refractivity contribution in [1.82, 2.24) is 9.97 Å². The number of amides is 1. The van der Waals surface area contributed by atoms with E-state index in [1.54, 1.807) is 11.3 Å². The molecule has 4 nitrogen and oxygen atoms in total. The topological polar surface area (TPSA) is 54.9 Å². The number of thiazole rings is 2. The van der Waals surface area contributed by atoms with Gasteiger partial charge in [0.05, 0.1) is 10.2 Å². The van der Waals surface area contributed by atoms with E-state index in [1.165, 1.54) is 11.3 Å². The van der Waals surface area contributed by atoms with E-state index in [0.29, 0.717) is 10.7 Å². The van der Waals surface area contributed by atoms with E-state index in [1.807, 2.05) is 84.2 Å². The molecule has 2 heterocycles. The highest BCUT2D eigenvalue weighted by atomic mass is 32.1. The predicted molar refractivity (Wildman–Crippen MR) is 121 cm³/mol. The zero-order valence-corrected chi connectivity index (χ0v) is 16.8. The number of carbonyl (C=O) groups excluding carboxylic acids is 1. The molecule has 0 saturated carbocycles. The average Bonchev–Trinajstić information content (AvgIpc) is 3.41. The van der Waals surface area contributed by atoms with Gasteiger partial charge in [-0.05, 0) is 35.4 Å². The van der Waals surface area contributed by atoms with Gasteiger partial charge in [0.15, 0.2) is 5.13 Å². The summed E-state index contributed by atoms with van der Waals surface area (Å²) in [7, 11) is 0. The molecule has 29 heavy (non-hydrogen) atoms. The van der Waals surface area contributed by atoms with Gasteiger partial charge < -0.3 is 0 Å². The largest absolute Gasteiger partial charge is 0.298 e. The first-order valence-corrected chi connectivity index (χ1v) is 10.7. The number of rotatable bonds is 4. The lowest BCUT2D eigenvalue weighted by molar-refractivity contribution is 0.102. The van der Waals surface area contributed by atoms with Crippen LogP contribution in [0.25, 0.3) is 32.0 Å². The lowest BCUT2D eigenvalue weighted by Gasteiger charge is -2.04. The number of hydrogen-bond donors (Lipinski definition) is 1. The molecule has 5 rings (SSSR count). The van der Waals surface area contributed by atoms with E-state index >= 15 is 0 Å². The maximum absolute atomic E-state index is 12.6. The number of nitrogens with one attached hydrogen (secondary N) is 1. The average molecular weight is 414 g/mol. The number of para-hydroxylation sites is 1. The minimum Gasteiger partial charge on any atom is -0.298 e. The Hall–Kier alpha value is -3.35. The molecule has 2 aromatic heterocycles. The minimum absolute atomic E-state index is 0.171. The number of anilines is 1. The van der Waals surface area contributed by atoms with Gasteiger partial charge >= 0.3 is 0 Å². The van der Waals surface area contributed by atoms with Crippen LogP contribution in [-0.4, -0.2) is 15.9 Å². The highest BCUT2D eigenvalue weighted by Crippen LogP contribution is 2.32. The van der Waals surface area contributed by atoms with Gasteiger partial charge in [-0.25, -0.2) is 9.97 Å². The highest BCUT2D eigenvalue weighted by molar-refractivity contribution is 7.22. The molecule has 0 unspecified atom stereocenters. The SMILES string of the molecule is O=C(Nc1nc(-c2nc3ccccc3s2)cs1)c1ccc(-c2ccccc2)cc1. The van der Waals surface area contributed by atoms with Gasteiger partial charge in [0.25, 0.3) is 5.91 Å². The molecule has 0 spiro atoms. The molecule has 1 amide bonds. The van der Waals surface area contributed by atoms with Gasteiger partial charge in [-0.1, -0.05) is 54.6 Å². The Morgan fingerprint density at radius 3 is 2.31 bits per heavy atom. The van der Waals surface area contributed by atoms with Crippen LogP contribution < -0.4 is 5.32 Å². The summed E-state index contributed by atoms with van der Waals surface area (Å²) < 4.78 is 1.12. The third-order valence-corrected chi connectivity index (χ3v) is 6.31. The van der Waals surface area contributed by atoms with Crippen molar-refractivity contribution in [3.05, 3.63) is 89.8 Å². The van der Waals surface area contributed by atoms with Crippen molar-refractivity contribution in [3.63, 3.8) is 0 Å². The second kappa shape index (κ2) is 7.58. The number of carbonyl (C=O) groups is 1. The number of nitrogens with zero attached hydrogens (tertiary/aromatic N) is 2. The van der Waals surface area contributed by atoms with Gasteiger partial charge in [-0.3, -0.25) is 10.1 Å². The fourth-order valence-corrected chi connectivity index (χ4v) is 4.72. The Kier molecular flexibility index (Phi) is 4.63. The van der Waals surface area contributed by atoms with E-state index < -0.39 is 0 Å². The number of benzene rings is 3. The van der Waals surface area contributed by atoms with Gasteiger partial charge in [-0.2, -0.15) is 0 Å². The molecule has 1 N–H and O–H groups in total. The molecule has 0 fully saturated rings. The van der Waals surface area contributed by atoms with Gasteiger partial charge in [0, 0.05) is 10.9 Å². The Morgan fingerprint density at radius 2 is 1.52 bits per heavy atom. The fourth-order valence-electron chi connectivity index (χ4n) is 3.03. The first kappa shape index (κ1) is 17.7. The van der Waals surface area contributed by atoms with Crippen LogP contribution in [0, 0.1) is 0 Å². The van der Waals surface area contributed by atoms with E-state index in [0.717, 1.165) is 32.0 Å². The third-order valence-electron chi connectivity index (χ3n) is 4.49. The summed E-state index contributed by atoms with van der Waals surface area (Å²) in [5.74, 6) is -0.171. The van der Waals surface area contributed by atoms with E-state index in [4.69, 9.17) is 0 Å². The number of aromatic nitrogens is 2. The van der Waals surface area contributed by atoms with Crippen LogP contribution in [0.5, 0.6) is 0 Å². The summed E-state index contributed by atoms with van der Waals surface area (Å²) in [6, 6.07) is 25.7. The van der Waals surface area contributed by atoms with Crippen LogP contribution in [0.15, 0.2) is 84.2 Å². The van der Waals surface area contributed by atoms with Gasteiger partial charge in [-0.15, -0.1) is 22.7 Å². The first-order chi connectivity index (χ1) is 14.3. The van der Waals surface area contributed by atoms with Crippen molar-refractivity contribution in [2.24, 2.45) is 0 Å². The predicted octanol–water partition coefficient (Wildman–Crippen LogP) is 6.34. The van der Waals surface area contributed by atoms with Crippen LogP contribution in [0.1, 0.15) is 10.4 Å². The molecular formula is C23H15N3OS2. The fraction of sp³-hybridized carbons (Fsp3) is 0. The summed E-state index contributed by atoms with van der Waals surface area (Å²) in [6.45, 7) is 0.